The number of carbonyl (C=O) groups excluding carboxylic acids is 3. The number of halogens is 2. The summed E-state index contributed by atoms with van der Waals surface area (Å²) in [4.78, 5) is 43.3. The molecule has 2 aliphatic heterocycles. The van der Waals surface area contributed by atoms with Crippen molar-refractivity contribution in [2.45, 2.75) is 0 Å². The number of carbonyl (C=O) groups is 3. The molecule has 2 aromatic rings. The molecule has 2 heterocycles. The van der Waals surface area contributed by atoms with Gasteiger partial charge in [-0.15, -0.1) is 0 Å². The number of imide groups is 1. The molecule has 7 nitrogen and oxygen atoms in total. The standard InChI is InChI=1S/C21H20Cl2N4O3/c1-25-6-8-26(9-7-25)18-5-3-2-4-17(18)24-19(28)12-27-20(29)13-10-15(22)16(23)11-14(13)21(27)30/h2-5,10-11H,6-9,12H2,1H3,(H,24,28). The molecule has 9 heteroatoms. The van der Waals surface area contributed by atoms with Crippen molar-refractivity contribution in [1.29, 1.82) is 0 Å². The van der Waals surface area contributed by atoms with Gasteiger partial charge in [0, 0.05) is 26.2 Å². The minimum Gasteiger partial charge on any atom is -0.367 e. The molecule has 1 N–H and O–H groups in total. The van der Waals surface area contributed by atoms with E-state index >= 15 is 0 Å². The lowest BCUT2D eigenvalue weighted by Gasteiger charge is -2.35. The first kappa shape index (κ1) is 20.7. The van der Waals surface area contributed by atoms with Gasteiger partial charge in [0.2, 0.25) is 5.91 Å². The van der Waals surface area contributed by atoms with Crippen LogP contribution in [0.25, 0.3) is 0 Å². The fraction of sp³-hybridized carbons (Fsp3) is 0.286. The van der Waals surface area contributed by atoms with E-state index in [0.717, 1.165) is 36.8 Å². The Morgan fingerprint density at radius 1 is 0.967 bits per heavy atom. The van der Waals surface area contributed by atoms with Gasteiger partial charge < -0.3 is 15.1 Å². The number of anilines is 2. The number of likely N-dealkylation sites (N-methyl/N-ethyl adjacent to an activating group) is 1. The highest BCUT2D eigenvalue weighted by Crippen LogP contribution is 2.32. The third kappa shape index (κ3) is 3.88. The molecule has 0 aromatic heterocycles. The highest BCUT2D eigenvalue weighted by Gasteiger charge is 2.37. The lowest BCUT2D eigenvalue weighted by Crippen LogP contribution is -2.45. The van der Waals surface area contributed by atoms with E-state index in [9.17, 15) is 14.4 Å². The summed E-state index contributed by atoms with van der Waals surface area (Å²) in [6.45, 7) is 3.18. The van der Waals surface area contributed by atoms with Crippen LogP contribution in [0.1, 0.15) is 20.7 Å². The van der Waals surface area contributed by atoms with Gasteiger partial charge in [-0.1, -0.05) is 35.3 Å². The number of rotatable bonds is 4. The second-order valence-corrected chi connectivity index (χ2v) is 8.18. The first-order chi connectivity index (χ1) is 14.3. The van der Waals surface area contributed by atoms with Crippen molar-refractivity contribution in [3.05, 3.63) is 57.6 Å². The smallest absolute Gasteiger partial charge is 0.262 e. The van der Waals surface area contributed by atoms with Gasteiger partial charge in [0.15, 0.2) is 0 Å². The maximum Gasteiger partial charge on any atom is 0.262 e. The summed E-state index contributed by atoms with van der Waals surface area (Å²) in [5.74, 6) is -1.57. The highest BCUT2D eigenvalue weighted by atomic mass is 35.5. The number of benzene rings is 2. The molecule has 1 fully saturated rings. The van der Waals surface area contributed by atoms with Crippen molar-refractivity contribution in [2.24, 2.45) is 0 Å². The Hall–Kier alpha value is -2.61. The number of piperazine rings is 1. The van der Waals surface area contributed by atoms with Crippen LogP contribution in [0.5, 0.6) is 0 Å². The zero-order valence-electron chi connectivity index (χ0n) is 16.3. The van der Waals surface area contributed by atoms with Crippen LogP contribution in [0.4, 0.5) is 11.4 Å². The van der Waals surface area contributed by atoms with Crippen LogP contribution >= 0.6 is 23.2 Å². The van der Waals surface area contributed by atoms with Gasteiger partial charge in [0.05, 0.1) is 32.5 Å². The molecule has 0 spiro atoms. The maximum absolute atomic E-state index is 12.7. The zero-order valence-corrected chi connectivity index (χ0v) is 17.8. The van der Waals surface area contributed by atoms with Crippen LogP contribution in [0.2, 0.25) is 10.0 Å². The molecular weight excluding hydrogens is 427 g/mol. The summed E-state index contributed by atoms with van der Waals surface area (Å²) in [7, 11) is 2.08. The molecule has 156 valence electrons. The first-order valence-corrected chi connectivity index (χ1v) is 10.3. The summed E-state index contributed by atoms with van der Waals surface area (Å²) in [5.41, 5.74) is 1.87. The molecule has 2 aromatic carbocycles. The molecule has 30 heavy (non-hydrogen) atoms. The van der Waals surface area contributed by atoms with E-state index in [1.807, 2.05) is 24.3 Å². The number of amides is 3. The molecule has 3 amide bonds. The Labute approximate surface area is 184 Å². The topological polar surface area (TPSA) is 73.0 Å². The largest absolute Gasteiger partial charge is 0.367 e. The van der Waals surface area contributed by atoms with E-state index in [-0.39, 0.29) is 21.2 Å². The lowest BCUT2D eigenvalue weighted by molar-refractivity contribution is -0.116. The molecule has 0 aliphatic carbocycles. The quantitative estimate of drug-likeness (QED) is 0.730. The van der Waals surface area contributed by atoms with Crippen molar-refractivity contribution in [2.75, 3.05) is 50.0 Å². The average Bonchev–Trinajstić information content (AvgIpc) is 2.94. The SMILES string of the molecule is CN1CCN(c2ccccc2NC(=O)CN2C(=O)c3cc(Cl)c(Cl)cc3C2=O)CC1. The maximum atomic E-state index is 12.7. The third-order valence-corrected chi connectivity index (χ3v) is 6.06. The normalized spacial score (nSPS) is 16.8. The van der Waals surface area contributed by atoms with Crippen LogP contribution < -0.4 is 10.2 Å². The van der Waals surface area contributed by atoms with Crippen molar-refractivity contribution in [1.82, 2.24) is 9.80 Å². The van der Waals surface area contributed by atoms with Gasteiger partial charge in [-0.25, -0.2) is 0 Å². The van der Waals surface area contributed by atoms with Gasteiger partial charge in [-0.2, -0.15) is 0 Å². The molecule has 1 saturated heterocycles. The second-order valence-electron chi connectivity index (χ2n) is 7.36. The number of hydrogen-bond donors (Lipinski definition) is 1. The molecule has 2 aliphatic rings. The Morgan fingerprint density at radius 2 is 1.53 bits per heavy atom. The summed E-state index contributed by atoms with van der Waals surface area (Å²) in [6, 6.07) is 10.2. The zero-order chi connectivity index (χ0) is 21.4. The summed E-state index contributed by atoms with van der Waals surface area (Å²) >= 11 is 11.9. The first-order valence-electron chi connectivity index (χ1n) is 9.53. The number of fused-ring (bicyclic) bond motifs is 1. The van der Waals surface area contributed by atoms with E-state index in [1.165, 1.54) is 12.1 Å². The van der Waals surface area contributed by atoms with E-state index in [2.05, 4.69) is 22.2 Å². The molecular formula is C21H20Cl2N4O3. The van der Waals surface area contributed by atoms with Crippen LogP contribution in [-0.2, 0) is 4.79 Å². The molecule has 0 atom stereocenters. The van der Waals surface area contributed by atoms with Crippen LogP contribution in [0, 0.1) is 0 Å². The van der Waals surface area contributed by atoms with Crippen molar-refractivity contribution >= 4 is 52.3 Å². The van der Waals surface area contributed by atoms with Gasteiger partial charge in [0.1, 0.15) is 6.54 Å². The van der Waals surface area contributed by atoms with Crippen LogP contribution in [-0.4, -0.2) is 67.3 Å². The molecule has 0 unspecified atom stereocenters. The summed E-state index contributed by atoms with van der Waals surface area (Å²) in [5, 5.41) is 3.21. The van der Waals surface area contributed by atoms with Crippen LogP contribution in [0.15, 0.2) is 36.4 Å². The fourth-order valence-electron chi connectivity index (χ4n) is 3.66. The Bertz CT molecular complexity index is 994. The number of para-hydroxylation sites is 2. The van der Waals surface area contributed by atoms with E-state index in [0.29, 0.717) is 5.69 Å². The Balaban J connectivity index is 1.49. The van der Waals surface area contributed by atoms with Gasteiger partial charge >= 0.3 is 0 Å². The Morgan fingerprint density at radius 3 is 2.13 bits per heavy atom. The van der Waals surface area contributed by atoms with Gasteiger partial charge in [0.25, 0.3) is 11.8 Å². The van der Waals surface area contributed by atoms with E-state index in [1.54, 1.807) is 0 Å². The van der Waals surface area contributed by atoms with Crippen LogP contribution in [0.3, 0.4) is 0 Å². The van der Waals surface area contributed by atoms with Crippen molar-refractivity contribution < 1.29 is 14.4 Å². The van der Waals surface area contributed by atoms with Gasteiger partial charge in [-0.05, 0) is 31.3 Å². The lowest BCUT2D eigenvalue weighted by atomic mass is 10.1. The number of nitrogens with zero attached hydrogens (tertiary/aromatic N) is 3. The molecule has 4 rings (SSSR count). The summed E-state index contributed by atoms with van der Waals surface area (Å²) < 4.78 is 0. The predicted octanol–water partition coefficient (Wildman–Crippen LogP) is 2.98. The van der Waals surface area contributed by atoms with E-state index < -0.39 is 24.3 Å². The van der Waals surface area contributed by atoms with Crippen molar-refractivity contribution in [3.63, 3.8) is 0 Å². The minimum absolute atomic E-state index is 0.153. The minimum atomic E-state index is -0.559. The monoisotopic (exact) mass is 446 g/mol. The highest BCUT2D eigenvalue weighted by molar-refractivity contribution is 6.43. The second kappa shape index (κ2) is 8.26. The fourth-order valence-corrected chi connectivity index (χ4v) is 3.99. The Kier molecular flexibility index (Phi) is 5.69. The molecule has 0 radical (unpaired) electrons. The number of nitrogens with one attached hydrogen (secondary N) is 1. The molecule has 0 bridgehead atoms. The average molecular weight is 447 g/mol. The van der Waals surface area contributed by atoms with Gasteiger partial charge in [-0.3, -0.25) is 19.3 Å². The van der Waals surface area contributed by atoms with Crippen molar-refractivity contribution in [3.8, 4) is 0 Å². The number of hydrogen-bond acceptors (Lipinski definition) is 5. The molecule has 0 saturated carbocycles. The van der Waals surface area contributed by atoms with E-state index in [4.69, 9.17) is 23.2 Å². The predicted molar refractivity (Wildman–Crippen MR) is 117 cm³/mol. The third-order valence-electron chi connectivity index (χ3n) is 5.34. The summed E-state index contributed by atoms with van der Waals surface area (Å²) in [6.07, 6.45) is 0.